The van der Waals surface area contributed by atoms with Crippen LogP contribution >= 0.6 is 11.3 Å². The lowest BCUT2D eigenvalue weighted by molar-refractivity contribution is 0.475. The molecular weight excluding hydrogens is 266 g/mol. The van der Waals surface area contributed by atoms with Crippen molar-refractivity contribution in [3.8, 4) is 5.75 Å². The maximum Gasteiger partial charge on any atom is 0.117 e. The lowest BCUT2D eigenvalue weighted by Crippen LogP contribution is -1.79. The van der Waals surface area contributed by atoms with Crippen LogP contribution < -0.4 is 0 Å². The van der Waals surface area contributed by atoms with Crippen LogP contribution in [0, 0.1) is 13.8 Å². The molecule has 0 aliphatic carbocycles. The van der Waals surface area contributed by atoms with Gasteiger partial charge in [0.05, 0.1) is 10.2 Å². The second-order valence-electron chi connectivity index (χ2n) is 4.88. The minimum absolute atomic E-state index is 0.280. The molecule has 2 nitrogen and oxygen atoms in total. The van der Waals surface area contributed by atoms with Crippen molar-refractivity contribution in [1.29, 1.82) is 0 Å². The molecule has 0 fully saturated rings. The molecule has 0 bridgehead atoms. The lowest BCUT2D eigenvalue weighted by Gasteiger charge is -1.96. The molecule has 1 N–H and O–H groups in total. The van der Waals surface area contributed by atoms with E-state index >= 15 is 0 Å². The van der Waals surface area contributed by atoms with Crippen molar-refractivity contribution in [2.75, 3.05) is 0 Å². The molecule has 100 valence electrons. The Bertz CT molecular complexity index is 763. The summed E-state index contributed by atoms with van der Waals surface area (Å²) in [6.07, 6.45) is 3.96. The smallest absolute Gasteiger partial charge is 0.117 e. The molecule has 0 saturated carbocycles. The summed E-state index contributed by atoms with van der Waals surface area (Å²) in [5.74, 6) is 0.280. The van der Waals surface area contributed by atoms with Crippen molar-refractivity contribution in [1.82, 2.24) is 4.98 Å². The first-order valence-corrected chi connectivity index (χ1v) is 7.28. The van der Waals surface area contributed by atoms with Crippen LogP contribution in [0.3, 0.4) is 0 Å². The number of hydrogen-bond acceptors (Lipinski definition) is 3. The predicted octanol–water partition coefficient (Wildman–Crippen LogP) is 4.79. The molecule has 1 aromatic heterocycles. The van der Waals surface area contributed by atoms with E-state index in [1.165, 1.54) is 15.8 Å². The van der Waals surface area contributed by atoms with Gasteiger partial charge in [0.2, 0.25) is 0 Å². The van der Waals surface area contributed by atoms with Crippen LogP contribution in [0.1, 0.15) is 21.7 Å². The second-order valence-corrected chi connectivity index (χ2v) is 5.95. The standard InChI is InChI=1S/C17H15NOS/c1-11-8-15-16(9-12(11)2)20-17(18-15)7-6-13-4-3-5-14(19)10-13/h3-10,19H,1-2H3/b7-6+. The summed E-state index contributed by atoms with van der Waals surface area (Å²) in [6.45, 7) is 4.23. The quantitative estimate of drug-likeness (QED) is 0.732. The van der Waals surface area contributed by atoms with Gasteiger partial charge in [-0.2, -0.15) is 0 Å². The number of phenolic OH excluding ortho intramolecular Hbond substituents is 1. The predicted molar refractivity (Wildman–Crippen MR) is 86.1 cm³/mol. The highest BCUT2D eigenvalue weighted by Crippen LogP contribution is 2.26. The third kappa shape index (κ3) is 2.58. The number of fused-ring (bicyclic) bond motifs is 1. The zero-order chi connectivity index (χ0) is 14.1. The molecule has 0 radical (unpaired) electrons. The van der Waals surface area contributed by atoms with Gasteiger partial charge in [0.1, 0.15) is 10.8 Å². The van der Waals surface area contributed by atoms with Crippen LogP contribution in [0.15, 0.2) is 36.4 Å². The van der Waals surface area contributed by atoms with Gasteiger partial charge in [0.25, 0.3) is 0 Å². The monoisotopic (exact) mass is 281 g/mol. The number of nitrogens with zero attached hydrogens (tertiary/aromatic N) is 1. The van der Waals surface area contributed by atoms with Gasteiger partial charge in [-0.1, -0.05) is 18.2 Å². The van der Waals surface area contributed by atoms with Crippen LogP contribution in [0.4, 0.5) is 0 Å². The van der Waals surface area contributed by atoms with Crippen LogP contribution in [-0.4, -0.2) is 10.1 Å². The molecule has 1 heterocycles. The first-order valence-electron chi connectivity index (χ1n) is 6.47. The fourth-order valence-electron chi connectivity index (χ4n) is 2.07. The third-order valence-corrected chi connectivity index (χ3v) is 4.29. The van der Waals surface area contributed by atoms with E-state index in [-0.39, 0.29) is 5.75 Å². The van der Waals surface area contributed by atoms with Crippen molar-refractivity contribution >= 4 is 33.7 Å². The molecule has 0 aliphatic rings. The van der Waals surface area contributed by atoms with Crippen LogP contribution in [-0.2, 0) is 0 Å². The Balaban J connectivity index is 1.95. The van der Waals surface area contributed by atoms with Gasteiger partial charge in [0, 0.05) is 0 Å². The van der Waals surface area contributed by atoms with Crippen LogP contribution in [0.5, 0.6) is 5.75 Å². The summed E-state index contributed by atoms with van der Waals surface area (Å²) in [6, 6.07) is 11.5. The SMILES string of the molecule is Cc1cc2nc(/C=C/c3cccc(O)c3)sc2cc1C. The minimum atomic E-state index is 0.280. The van der Waals surface area contributed by atoms with Gasteiger partial charge < -0.3 is 5.11 Å². The summed E-state index contributed by atoms with van der Waals surface area (Å²) < 4.78 is 1.21. The van der Waals surface area contributed by atoms with Gasteiger partial charge in [-0.25, -0.2) is 4.98 Å². The molecule has 3 rings (SSSR count). The van der Waals surface area contributed by atoms with Crippen molar-refractivity contribution in [3.63, 3.8) is 0 Å². The largest absolute Gasteiger partial charge is 0.508 e. The Labute approximate surface area is 122 Å². The van der Waals surface area contributed by atoms with Crippen LogP contribution in [0.2, 0.25) is 0 Å². The number of benzene rings is 2. The molecule has 0 atom stereocenters. The van der Waals surface area contributed by atoms with E-state index in [9.17, 15) is 5.11 Å². The molecule has 3 aromatic rings. The topological polar surface area (TPSA) is 33.1 Å². The minimum Gasteiger partial charge on any atom is -0.508 e. The van der Waals surface area contributed by atoms with E-state index in [0.29, 0.717) is 0 Å². The summed E-state index contributed by atoms with van der Waals surface area (Å²) in [5.41, 5.74) is 4.58. The lowest BCUT2D eigenvalue weighted by atomic mass is 10.1. The first-order chi connectivity index (χ1) is 9.61. The number of aromatic hydroxyl groups is 1. The molecule has 0 spiro atoms. The first kappa shape index (κ1) is 12.9. The zero-order valence-electron chi connectivity index (χ0n) is 11.4. The van der Waals surface area contributed by atoms with Crippen molar-refractivity contribution in [2.24, 2.45) is 0 Å². The van der Waals surface area contributed by atoms with Gasteiger partial charge in [-0.05, 0) is 60.9 Å². The van der Waals surface area contributed by atoms with E-state index in [1.807, 2.05) is 24.3 Å². The Morgan fingerprint density at radius 2 is 1.85 bits per heavy atom. The highest BCUT2D eigenvalue weighted by molar-refractivity contribution is 7.19. The molecule has 3 heteroatoms. The van der Waals surface area contributed by atoms with Crippen molar-refractivity contribution < 1.29 is 5.11 Å². The molecule has 2 aromatic carbocycles. The van der Waals surface area contributed by atoms with Gasteiger partial charge in [-0.3, -0.25) is 0 Å². The number of phenols is 1. The maximum atomic E-state index is 9.44. The Morgan fingerprint density at radius 1 is 1.05 bits per heavy atom. The highest BCUT2D eigenvalue weighted by Gasteiger charge is 2.03. The Morgan fingerprint density at radius 3 is 2.65 bits per heavy atom. The Kier molecular flexibility index (Phi) is 3.28. The maximum absolute atomic E-state index is 9.44. The highest BCUT2D eigenvalue weighted by atomic mass is 32.1. The van der Waals surface area contributed by atoms with Crippen molar-refractivity contribution in [3.05, 3.63) is 58.1 Å². The summed E-state index contributed by atoms with van der Waals surface area (Å²) in [5, 5.41) is 10.4. The molecule has 0 unspecified atom stereocenters. The average Bonchev–Trinajstić information content (AvgIpc) is 2.79. The normalized spacial score (nSPS) is 11.5. The fraction of sp³-hybridized carbons (Fsp3) is 0.118. The van der Waals surface area contributed by atoms with Crippen LogP contribution in [0.25, 0.3) is 22.4 Å². The molecule has 0 amide bonds. The Hall–Kier alpha value is -2.13. The van der Waals surface area contributed by atoms with E-state index < -0.39 is 0 Å². The second kappa shape index (κ2) is 5.10. The van der Waals surface area contributed by atoms with Crippen molar-refractivity contribution in [2.45, 2.75) is 13.8 Å². The summed E-state index contributed by atoms with van der Waals surface area (Å²) >= 11 is 1.68. The zero-order valence-corrected chi connectivity index (χ0v) is 12.2. The molecule has 0 saturated heterocycles. The molecule has 0 aliphatic heterocycles. The number of thiazole rings is 1. The van der Waals surface area contributed by atoms with Gasteiger partial charge in [0.15, 0.2) is 0 Å². The number of aromatic nitrogens is 1. The van der Waals surface area contributed by atoms with E-state index in [1.54, 1.807) is 23.5 Å². The number of hydrogen-bond donors (Lipinski definition) is 1. The van der Waals surface area contributed by atoms with E-state index in [2.05, 4.69) is 31.0 Å². The number of rotatable bonds is 2. The average molecular weight is 281 g/mol. The summed E-state index contributed by atoms with van der Waals surface area (Å²) in [4.78, 5) is 4.62. The number of aryl methyl sites for hydroxylation is 2. The van der Waals surface area contributed by atoms with Gasteiger partial charge in [-0.15, -0.1) is 11.3 Å². The fourth-order valence-corrected chi connectivity index (χ4v) is 3.02. The third-order valence-electron chi connectivity index (χ3n) is 3.31. The van der Waals surface area contributed by atoms with Gasteiger partial charge >= 0.3 is 0 Å². The molecular formula is C17H15NOS. The van der Waals surface area contributed by atoms with E-state index in [4.69, 9.17) is 0 Å². The van der Waals surface area contributed by atoms with E-state index in [0.717, 1.165) is 16.1 Å². The summed E-state index contributed by atoms with van der Waals surface area (Å²) in [7, 11) is 0. The molecule has 20 heavy (non-hydrogen) atoms.